The summed E-state index contributed by atoms with van der Waals surface area (Å²) >= 11 is 0. The SMILES string of the molecule is CCCCCCCCCCCC(=O)NN=CC(C)=Cc1ccc(C(C)(C)C)cc1. The molecule has 0 aromatic heterocycles. The van der Waals surface area contributed by atoms with Crippen LogP contribution in [0, 0.1) is 0 Å². The first-order chi connectivity index (χ1) is 13.8. The second kappa shape index (κ2) is 14.1. The van der Waals surface area contributed by atoms with Crippen LogP contribution in [-0.4, -0.2) is 12.1 Å². The summed E-state index contributed by atoms with van der Waals surface area (Å²) in [5.74, 6) is 0.00604. The van der Waals surface area contributed by atoms with E-state index >= 15 is 0 Å². The maximum Gasteiger partial charge on any atom is 0.240 e. The fraction of sp³-hybridized carbons (Fsp3) is 0.615. The lowest BCUT2D eigenvalue weighted by Crippen LogP contribution is -2.16. The highest BCUT2D eigenvalue weighted by Crippen LogP contribution is 2.22. The van der Waals surface area contributed by atoms with Gasteiger partial charge in [-0.2, -0.15) is 5.10 Å². The van der Waals surface area contributed by atoms with E-state index < -0.39 is 0 Å². The van der Waals surface area contributed by atoms with Crippen molar-refractivity contribution in [2.45, 2.75) is 104 Å². The molecule has 0 atom stereocenters. The average Bonchev–Trinajstić information content (AvgIpc) is 2.66. The Kier molecular flexibility index (Phi) is 12.3. The second-order valence-corrected chi connectivity index (χ2v) is 9.13. The second-order valence-electron chi connectivity index (χ2n) is 9.13. The van der Waals surface area contributed by atoms with E-state index in [1.54, 1.807) is 6.21 Å². The Morgan fingerprint density at radius 2 is 1.48 bits per heavy atom. The summed E-state index contributed by atoms with van der Waals surface area (Å²) in [5, 5.41) is 4.09. The summed E-state index contributed by atoms with van der Waals surface area (Å²) in [5.41, 5.74) is 6.28. The quantitative estimate of drug-likeness (QED) is 0.210. The number of rotatable bonds is 13. The van der Waals surface area contributed by atoms with Crippen LogP contribution in [0.5, 0.6) is 0 Å². The number of allylic oxidation sites excluding steroid dienone is 1. The molecule has 1 amide bonds. The molecule has 1 aromatic carbocycles. The van der Waals surface area contributed by atoms with Crippen molar-refractivity contribution < 1.29 is 4.79 Å². The number of nitrogens with one attached hydrogen (secondary N) is 1. The minimum absolute atomic E-state index is 0.00604. The molecule has 0 spiro atoms. The van der Waals surface area contributed by atoms with E-state index in [4.69, 9.17) is 0 Å². The maximum atomic E-state index is 11.9. The number of amides is 1. The number of nitrogens with zero attached hydrogens (tertiary/aromatic N) is 1. The molecule has 3 heteroatoms. The highest BCUT2D eigenvalue weighted by molar-refractivity contribution is 5.86. The van der Waals surface area contributed by atoms with E-state index in [0.717, 1.165) is 24.0 Å². The van der Waals surface area contributed by atoms with Gasteiger partial charge in [0.2, 0.25) is 5.91 Å². The van der Waals surface area contributed by atoms with Gasteiger partial charge in [-0.3, -0.25) is 4.79 Å². The molecule has 0 saturated carbocycles. The molecule has 0 aliphatic heterocycles. The van der Waals surface area contributed by atoms with Crippen LogP contribution in [0.3, 0.4) is 0 Å². The van der Waals surface area contributed by atoms with E-state index in [1.807, 2.05) is 6.92 Å². The largest absolute Gasteiger partial charge is 0.273 e. The Bertz CT molecular complexity index is 636. The van der Waals surface area contributed by atoms with Crippen molar-refractivity contribution in [1.82, 2.24) is 5.43 Å². The lowest BCUT2D eigenvalue weighted by molar-refractivity contribution is -0.121. The van der Waals surface area contributed by atoms with Gasteiger partial charge in [-0.05, 0) is 35.5 Å². The Morgan fingerprint density at radius 3 is 2.03 bits per heavy atom. The lowest BCUT2D eigenvalue weighted by atomic mass is 9.86. The van der Waals surface area contributed by atoms with Gasteiger partial charge in [0, 0.05) is 6.42 Å². The summed E-state index contributed by atoms with van der Waals surface area (Å²) in [7, 11) is 0. The lowest BCUT2D eigenvalue weighted by Gasteiger charge is -2.18. The summed E-state index contributed by atoms with van der Waals surface area (Å²) in [6.07, 6.45) is 15.7. The van der Waals surface area contributed by atoms with E-state index in [9.17, 15) is 4.79 Å². The molecule has 0 radical (unpaired) electrons. The first-order valence-corrected chi connectivity index (χ1v) is 11.4. The Morgan fingerprint density at radius 1 is 0.931 bits per heavy atom. The van der Waals surface area contributed by atoms with E-state index in [0.29, 0.717) is 6.42 Å². The number of hydrogen-bond acceptors (Lipinski definition) is 2. The Labute approximate surface area is 179 Å². The van der Waals surface area contributed by atoms with Gasteiger partial charge in [-0.15, -0.1) is 0 Å². The molecule has 0 aliphatic rings. The Hall–Kier alpha value is -1.90. The van der Waals surface area contributed by atoms with E-state index in [2.05, 4.69) is 68.6 Å². The molecule has 29 heavy (non-hydrogen) atoms. The molecule has 0 saturated heterocycles. The van der Waals surface area contributed by atoms with Gasteiger partial charge in [-0.1, -0.05) is 109 Å². The summed E-state index contributed by atoms with van der Waals surface area (Å²) in [4.78, 5) is 11.9. The number of carbonyl (C=O) groups excluding carboxylic acids is 1. The highest BCUT2D eigenvalue weighted by Gasteiger charge is 2.12. The number of hydrazone groups is 1. The van der Waals surface area contributed by atoms with E-state index in [-0.39, 0.29) is 11.3 Å². The van der Waals surface area contributed by atoms with Gasteiger partial charge in [0.05, 0.1) is 6.21 Å². The molecule has 0 aliphatic carbocycles. The molecule has 0 fully saturated rings. The van der Waals surface area contributed by atoms with Gasteiger partial charge in [0.1, 0.15) is 0 Å². The van der Waals surface area contributed by atoms with Crippen molar-refractivity contribution in [2.75, 3.05) is 0 Å². The normalized spacial score (nSPS) is 12.5. The van der Waals surface area contributed by atoms with Gasteiger partial charge in [0.25, 0.3) is 0 Å². The van der Waals surface area contributed by atoms with Crippen molar-refractivity contribution in [3.8, 4) is 0 Å². The standard InChI is InChI=1S/C26H42N2O/c1-6-7-8-9-10-11-12-13-14-15-25(29)28-27-21-22(2)20-23-16-18-24(19-17-23)26(3,4)5/h16-21H,6-15H2,1-5H3,(H,28,29). The molecule has 1 aromatic rings. The van der Waals surface area contributed by atoms with Crippen molar-refractivity contribution in [2.24, 2.45) is 5.10 Å². The first-order valence-electron chi connectivity index (χ1n) is 11.4. The highest BCUT2D eigenvalue weighted by atomic mass is 16.2. The van der Waals surface area contributed by atoms with Crippen molar-refractivity contribution in [3.05, 3.63) is 41.0 Å². The zero-order valence-electron chi connectivity index (χ0n) is 19.4. The van der Waals surface area contributed by atoms with Gasteiger partial charge < -0.3 is 0 Å². The zero-order chi connectivity index (χ0) is 21.5. The third kappa shape index (κ3) is 12.3. The fourth-order valence-electron chi connectivity index (χ4n) is 3.24. The van der Waals surface area contributed by atoms with Crippen LogP contribution in [-0.2, 0) is 10.2 Å². The van der Waals surface area contributed by atoms with Crippen molar-refractivity contribution in [1.29, 1.82) is 0 Å². The number of unbranched alkanes of at least 4 members (excludes halogenated alkanes) is 8. The predicted molar refractivity (Wildman–Crippen MR) is 127 cm³/mol. The van der Waals surface area contributed by atoms with Gasteiger partial charge >= 0.3 is 0 Å². The number of carbonyl (C=O) groups is 1. The van der Waals surface area contributed by atoms with Crippen LogP contribution >= 0.6 is 0 Å². The molecular formula is C26H42N2O. The molecular weight excluding hydrogens is 356 g/mol. The van der Waals surface area contributed by atoms with Crippen LogP contribution in [0.2, 0.25) is 0 Å². The minimum Gasteiger partial charge on any atom is -0.273 e. The summed E-state index contributed by atoms with van der Waals surface area (Å²) < 4.78 is 0. The fourth-order valence-corrected chi connectivity index (χ4v) is 3.24. The molecule has 1 rings (SSSR count). The molecule has 0 heterocycles. The van der Waals surface area contributed by atoms with Crippen LogP contribution < -0.4 is 5.43 Å². The third-order valence-electron chi connectivity index (χ3n) is 5.14. The maximum absolute atomic E-state index is 11.9. The predicted octanol–water partition coefficient (Wildman–Crippen LogP) is 7.41. The van der Waals surface area contributed by atoms with Crippen LogP contribution in [0.15, 0.2) is 34.9 Å². The zero-order valence-corrected chi connectivity index (χ0v) is 19.4. The molecule has 0 unspecified atom stereocenters. The van der Waals surface area contributed by atoms with Crippen LogP contribution in [0.4, 0.5) is 0 Å². The topological polar surface area (TPSA) is 41.5 Å². The number of benzene rings is 1. The average molecular weight is 399 g/mol. The minimum atomic E-state index is 0.00604. The smallest absolute Gasteiger partial charge is 0.240 e. The van der Waals surface area contributed by atoms with Crippen LogP contribution in [0.25, 0.3) is 6.08 Å². The first kappa shape index (κ1) is 25.1. The summed E-state index contributed by atoms with van der Waals surface area (Å²) in [6.45, 7) is 10.9. The summed E-state index contributed by atoms with van der Waals surface area (Å²) in [6, 6.07) is 8.59. The van der Waals surface area contributed by atoms with Crippen molar-refractivity contribution in [3.63, 3.8) is 0 Å². The third-order valence-corrected chi connectivity index (χ3v) is 5.14. The molecule has 1 N–H and O–H groups in total. The Balaban J connectivity index is 2.21. The van der Waals surface area contributed by atoms with Crippen molar-refractivity contribution >= 4 is 18.2 Å². The van der Waals surface area contributed by atoms with Gasteiger partial charge in [0.15, 0.2) is 0 Å². The van der Waals surface area contributed by atoms with Crippen LogP contribution in [0.1, 0.15) is 110 Å². The molecule has 162 valence electrons. The molecule has 3 nitrogen and oxygen atoms in total. The van der Waals surface area contributed by atoms with E-state index in [1.165, 1.54) is 50.5 Å². The monoisotopic (exact) mass is 398 g/mol. The molecule has 0 bridgehead atoms. The van der Waals surface area contributed by atoms with Gasteiger partial charge in [-0.25, -0.2) is 5.43 Å². The number of hydrogen-bond donors (Lipinski definition) is 1.